The van der Waals surface area contributed by atoms with E-state index in [9.17, 15) is 4.79 Å². The van der Waals surface area contributed by atoms with Gasteiger partial charge in [-0.25, -0.2) is 0 Å². The quantitative estimate of drug-likeness (QED) is 0.733. The van der Waals surface area contributed by atoms with E-state index in [1.54, 1.807) is 0 Å². The lowest BCUT2D eigenvalue weighted by Crippen LogP contribution is -2.66. The number of carbonyl (C=O) groups excluding carboxylic acids is 1. The molecule has 3 fully saturated rings. The third kappa shape index (κ3) is 1.48. The Morgan fingerprint density at radius 1 is 1.59 bits per heavy atom. The van der Waals surface area contributed by atoms with Crippen LogP contribution in [0, 0.1) is 17.3 Å². The zero-order chi connectivity index (χ0) is 12.0. The Balaban J connectivity index is 1.99. The van der Waals surface area contributed by atoms with Gasteiger partial charge in [0.25, 0.3) is 0 Å². The minimum atomic E-state index is -0.184. The summed E-state index contributed by atoms with van der Waals surface area (Å²) in [5.41, 5.74) is -0.184. The summed E-state index contributed by atoms with van der Waals surface area (Å²) >= 11 is 0. The molecule has 0 radical (unpaired) electrons. The fraction of sp³-hybridized carbons (Fsp3) is 0.786. The fourth-order valence-electron chi connectivity index (χ4n) is 4.39. The summed E-state index contributed by atoms with van der Waals surface area (Å²) in [4.78, 5) is 14.5. The predicted octanol–water partition coefficient (Wildman–Crippen LogP) is 1.41. The molecule has 1 aliphatic carbocycles. The lowest BCUT2D eigenvalue weighted by Gasteiger charge is -2.57. The molecular formula is C14H22N2O. The number of nitrogens with one attached hydrogen (secondary N) is 1. The highest BCUT2D eigenvalue weighted by atomic mass is 16.2. The van der Waals surface area contributed by atoms with Crippen molar-refractivity contribution in [2.75, 3.05) is 20.1 Å². The third-order valence-electron chi connectivity index (χ3n) is 5.20. The molecule has 1 saturated carbocycles. The summed E-state index contributed by atoms with van der Waals surface area (Å²) in [6.45, 7) is 5.69. The van der Waals surface area contributed by atoms with Gasteiger partial charge in [0.1, 0.15) is 0 Å². The predicted molar refractivity (Wildman–Crippen MR) is 67.5 cm³/mol. The summed E-state index contributed by atoms with van der Waals surface area (Å²) in [5.74, 6) is 1.65. The SMILES string of the molecule is C=CC[C@]12CN[C@@H]3CC[C@H](CN(C)C1=O)[C@H]2C3. The molecule has 3 nitrogen and oxygen atoms in total. The topological polar surface area (TPSA) is 32.3 Å². The van der Waals surface area contributed by atoms with E-state index in [1.165, 1.54) is 19.3 Å². The van der Waals surface area contributed by atoms with Gasteiger partial charge in [0, 0.05) is 26.2 Å². The second kappa shape index (κ2) is 3.84. The molecule has 3 aliphatic rings. The molecule has 0 spiro atoms. The maximum absolute atomic E-state index is 12.6. The third-order valence-corrected chi connectivity index (χ3v) is 5.20. The summed E-state index contributed by atoms with van der Waals surface area (Å²) < 4.78 is 0. The van der Waals surface area contributed by atoms with Gasteiger partial charge in [-0.05, 0) is 37.5 Å². The molecule has 0 aromatic heterocycles. The number of nitrogens with zero attached hydrogens (tertiary/aromatic N) is 1. The van der Waals surface area contributed by atoms with Crippen molar-refractivity contribution < 1.29 is 4.79 Å². The highest BCUT2D eigenvalue weighted by Crippen LogP contribution is 2.51. The smallest absolute Gasteiger partial charge is 0.230 e. The van der Waals surface area contributed by atoms with Gasteiger partial charge < -0.3 is 10.2 Å². The highest BCUT2D eigenvalue weighted by molar-refractivity contribution is 5.84. The number of amides is 1. The molecular weight excluding hydrogens is 212 g/mol. The van der Waals surface area contributed by atoms with E-state index in [0.717, 1.165) is 25.4 Å². The molecule has 2 bridgehead atoms. The molecule has 0 aromatic carbocycles. The number of carbonyl (C=O) groups is 1. The number of piperidine rings is 2. The van der Waals surface area contributed by atoms with Crippen LogP contribution in [0.4, 0.5) is 0 Å². The van der Waals surface area contributed by atoms with E-state index in [-0.39, 0.29) is 5.41 Å². The van der Waals surface area contributed by atoms with Crippen LogP contribution in [0.3, 0.4) is 0 Å². The van der Waals surface area contributed by atoms with Crippen molar-refractivity contribution in [2.45, 2.75) is 31.7 Å². The number of fused-ring (bicyclic) bond motifs is 1. The van der Waals surface area contributed by atoms with E-state index < -0.39 is 0 Å². The van der Waals surface area contributed by atoms with Crippen molar-refractivity contribution >= 4 is 5.91 Å². The summed E-state index contributed by atoms with van der Waals surface area (Å²) in [5, 5.41) is 3.59. The van der Waals surface area contributed by atoms with Gasteiger partial charge in [-0.2, -0.15) is 0 Å². The van der Waals surface area contributed by atoms with Crippen molar-refractivity contribution in [3.05, 3.63) is 12.7 Å². The Morgan fingerprint density at radius 2 is 2.41 bits per heavy atom. The standard InChI is InChI=1S/C14H22N2O/c1-3-6-14-9-15-11-5-4-10(12(14)7-11)8-16(2)13(14)17/h3,10-12,15H,1,4-9H2,2H3/t10-,11-,12-,14-/m1/s1. The first-order valence-electron chi connectivity index (χ1n) is 6.77. The molecule has 2 heterocycles. The average Bonchev–Trinajstić information content (AvgIpc) is 2.34. The maximum atomic E-state index is 12.6. The first-order chi connectivity index (χ1) is 8.17. The van der Waals surface area contributed by atoms with Crippen LogP contribution in [0.15, 0.2) is 12.7 Å². The minimum Gasteiger partial charge on any atom is -0.345 e. The largest absolute Gasteiger partial charge is 0.345 e. The molecule has 1 amide bonds. The molecule has 1 N–H and O–H groups in total. The van der Waals surface area contributed by atoms with Crippen molar-refractivity contribution in [1.29, 1.82) is 0 Å². The number of hydrogen-bond acceptors (Lipinski definition) is 2. The molecule has 0 aromatic rings. The molecule has 2 aliphatic heterocycles. The van der Waals surface area contributed by atoms with Crippen LogP contribution >= 0.6 is 0 Å². The second-order valence-corrected chi connectivity index (χ2v) is 6.09. The fourth-order valence-corrected chi connectivity index (χ4v) is 4.39. The Labute approximate surface area is 103 Å². The van der Waals surface area contributed by atoms with Gasteiger partial charge in [0.05, 0.1) is 5.41 Å². The van der Waals surface area contributed by atoms with Crippen LogP contribution in [0.25, 0.3) is 0 Å². The lowest BCUT2D eigenvalue weighted by atomic mass is 9.56. The Kier molecular flexibility index (Phi) is 2.54. The van der Waals surface area contributed by atoms with Crippen molar-refractivity contribution in [2.24, 2.45) is 17.3 Å². The number of rotatable bonds is 2. The van der Waals surface area contributed by atoms with Crippen LogP contribution < -0.4 is 5.32 Å². The van der Waals surface area contributed by atoms with E-state index in [4.69, 9.17) is 0 Å². The van der Waals surface area contributed by atoms with Gasteiger partial charge in [0.15, 0.2) is 0 Å². The Hall–Kier alpha value is -0.830. The zero-order valence-electron chi connectivity index (χ0n) is 10.6. The summed E-state index contributed by atoms with van der Waals surface area (Å²) in [6.07, 6.45) is 6.52. The van der Waals surface area contributed by atoms with Gasteiger partial charge in [0.2, 0.25) is 5.91 Å². The highest BCUT2D eigenvalue weighted by Gasteiger charge is 2.56. The van der Waals surface area contributed by atoms with Gasteiger partial charge in [-0.1, -0.05) is 6.08 Å². The van der Waals surface area contributed by atoms with Crippen molar-refractivity contribution in [3.63, 3.8) is 0 Å². The van der Waals surface area contributed by atoms with E-state index >= 15 is 0 Å². The molecule has 2 saturated heterocycles. The van der Waals surface area contributed by atoms with Crippen LogP contribution in [-0.2, 0) is 4.79 Å². The number of allylic oxidation sites excluding steroid dienone is 1. The van der Waals surface area contributed by atoms with Crippen molar-refractivity contribution in [3.8, 4) is 0 Å². The monoisotopic (exact) mass is 234 g/mol. The molecule has 4 atom stereocenters. The normalized spacial score (nSPS) is 44.6. The first kappa shape index (κ1) is 11.3. The maximum Gasteiger partial charge on any atom is 0.230 e. The van der Waals surface area contributed by atoms with E-state index in [0.29, 0.717) is 17.9 Å². The molecule has 0 unspecified atom stereocenters. The lowest BCUT2D eigenvalue weighted by molar-refractivity contribution is -0.160. The molecule has 3 rings (SSSR count). The average molecular weight is 234 g/mol. The van der Waals surface area contributed by atoms with Crippen LogP contribution in [0.1, 0.15) is 25.7 Å². The number of hydrogen-bond donors (Lipinski definition) is 1. The Morgan fingerprint density at radius 3 is 3.18 bits per heavy atom. The van der Waals surface area contributed by atoms with Crippen LogP contribution in [0.5, 0.6) is 0 Å². The van der Waals surface area contributed by atoms with Crippen LogP contribution in [-0.4, -0.2) is 37.0 Å². The number of likely N-dealkylation sites (tertiary alicyclic amines) is 1. The van der Waals surface area contributed by atoms with Gasteiger partial charge >= 0.3 is 0 Å². The van der Waals surface area contributed by atoms with Crippen molar-refractivity contribution in [1.82, 2.24) is 10.2 Å². The van der Waals surface area contributed by atoms with E-state index in [1.807, 2.05) is 18.0 Å². The minimum absolute atomic E-state index is 0.184. The van der Waals surface area contributed by atoms with Gasteiger partial charge in [-0.3, -0.25) is 4.79 Å². The summed E-state index contributed by atoms with van der Waals surface area (Å²) in [6, 6.07) is 0.658. The summed E-state index contributed by atoms with van der Waals surface area (Å²) in [7, 11) is 1.96. The first-order valence-corrected chi connectivity index (χ1v) is 6.77. The second-order valence-electron chi connectivity index (χ2n) is 6.09. The van der Waals surface area contributed by atoms with E-state index in [2.05, 4.69) is 11.9 Å². The Bertz CT molecular complexity index is 354. The molecule has 94 valence electrons. The zero-order valence-corrected chi connectivity index (χ0v) is 10.6. The van der Waals surface area contributed by atoms with Gasteiger partial charge in [-0.15, -0.1) is 6.58 Å². The molecule has 3 heteroatoms. The van der Waals surface area contributed by atoms with Crippen LogP contribution in [0.2, 0.25) is 0 Å². The molecule has 17 heavy (non-hydrogen) atoms.